The summed E-state index contributed by atoms with van der Waals surface area (Å²) in [5.41, 5.74) is 0. The van der Waals surface area contributed by atoms with Crippen LogP contribution in [-0.4, -0.2) is 23.3 Å². The molecule has 0 radical (unpaired) electrons. The summed E-state index contributed by atoms with van der Waals surface area (Å²) in [5, 5.41) is 16.7. The van der Waals surface area contributed by atoms with Crippen LogP contribution in [0.25, 0.3) is 0 Å². The Hall–Kier alpha value is -0.120. The highest BCUT2D eigenvalue weighted by Crippen LogP contribution is 1.95. The summed E-state index contributed by atoms with van der Waals surface area (Å²) in [7, 11) is 0. The van der Waals surface area contributed by atoms with Gasteiger partial charge in [0.05, 0.1) is 0 Å². The third-order valence-corrected chi connectivity index (χ3v) is 0.803. The Morgan fingerprint density at radius 3 is 2.62 bits per heavy atom. The molecule has 0 aliphatic carbocycles. The predicted molar refractivity (Wildman–Crippen MR) is 29.1 cm³/mol. The molecule has 0 aliphatic heterocycles. The molecule has 0 aliphatic rings. The summed E-state index contributed by atoms with van der Waals surface area (Å²) in [6, 6.07) is 0. The van der Waals surface area contributed by atoms with Crippen LogP contribution in [0.3, 0.4) is 0 Å². The van der Waals surface area contributed by atoms with Crippen molar-refractivity contribution in [2.45, 2.75) is 26.1 Å². The average Bonchev–Trinajstić information content (AvgIpc) is 1.68. The van der Waals surface area contributed by atoms with Crippen LogP contribution in [0.2, 0.25) is 0 Å². The van der Waals surface area contributed by atoms with Gasteiger partial charge in [0.15, 0.2) is 6.29 Å². The topological polar surface area (TPSA) is 49.7 Å². The fraction of sp³-hybridized carbons (Fsp3) is 1.00. The predicted octanol–water partition coefficient (Wildman–Crippen LogP) is 0.0713. The molecular formula is C5H12O3. The Kier molecular flexibility index (Phi) is 4.95. The second-order valence-corrected chi connectivity index (χ2v) is 1.54. The maximum atomic E-state index is 8.67. The van der Waals surface area contributed by atoms with Crippen LogP contribution in [-0.2, 0) is 4.74 Å². The summed E-state index contributed by atoms with van der Waals surface area (Å²) >= 11 is 0. The van der Waals surface area contributed by atoms with E-state index in [1.54, 1.807) is 0 Å². The molecule has 0 saturated heterocycles. The zero-order valence-electron chi connectivity index (χ0n) is 5.00. The lowest BCUT2D eigenvalue weighted by Gasteiger charge is -2.06. The van der Waals surface area contributed by atoms with E-state index in [2.05, 4.69) is 4.74 Å². The van der Waals surface area contributed by atoms with Gasteiger partial charge < -0.3 is 14.9 Å². The Morgan fingerprint density at radius 2 is 2.25 bits per heavy atom. The third-order valence-electron chi connectivity index (χ3n) is 0.803. The molecule has 0 rings (SSSR count). The summed E-state index contributed by atoms with van der Waals surface area (Å²) in [6.45, 7) is 1.53. The Morgan fingerprint density at radius 1 is 1.62 bits per heavy atom. The Labute approximate surface area is 48.9 Å². The quantitative estimate of drug-likeness (QED) is 0.516. The van der Waals surface area contributed by atoms with Gasteiger partial charge in [-0.25, -0.2) is 0 Å². The summed E-state index contributed by atoms with van der Waals surface area (Å²) in [6.07, 6.45) is 0.659. The van der Waals surface area contributed by atoms with Gasteiger partial charge in [0.2, 0.25) is 0 Å². The maximum absolute atomic E-state index is 8.67. The minimum Gasteiger partial charge on any atom is -0.371 e. The highest BCUT2D eigenvalue weighted by Gasteiger charge is 1.98. The van der Waals surface area contributed by atoms with Gasteiger partial charge in [-0.2, -0.15) is 0 Å². The number of rotatable bonds is 4. The number of ether oxygens (including phenoxy) is 1. The summed E-state index contributed by atoms with van der Waals surface area (Å²) < 4.78 is 4.39. The van der Waals surface area contributed by atoms with Crippen LogP contribution in [0.5, 0.6) is 0 Å². The highest BCUT2D eigenvalue weighted by atomic mass is 16.7. The van der Waals surface area contributed by atoms with Crippen molar-refractivity contribution >= 4 is 0 Å². The number of hydrogen-bond acceptors (Lipinski definition) is 3. The molecule has 8 heavy (non-hydrogen) atoms. The fourth-order valence-electron chi connectivity index (χ4n) is 0.416. The van der Waals surface area contributed by atoms with E-state index in [9.17, 15) is 0 Å². The third kappa shape index (κ3) is 4.05. The van der Waals surface area contributed by atoms with Gasteiger partial charge in [-0.15, -0.1) is 0 Å². The second-order valence-electron chi connectivity index (χ2n) is 1.54. The molecule has 2 N–H and O–H groups in total. The monoisotopic (exact) mass is 120 g/mol. The lowest BCUT2D eigenvalue weighted by atomic mass is 10.3. The first kappa shape index (κ1) is 7.88. The molecule has 50 valence electrons. The minimum atomic E-state index is -0.787. The molecule has 3 heteroatoms. The largest absolute Gasteiger partial charge is 0.371 e. The van der Waals surface area contributed by atoms with Crippen LogP contribution < -0.4 is 0 Å². The maximum Gasteiger partial charge on any atom is 0.157 e. The summed E-state index contributed by atoms with van der Waals surface area (Å²) in [4.78, 5) is 0. The first-order valence-corrected chi connectivity index (χ1v) is 2.71. The highest BCUT2D eigenvalue weighted by molar-refractivity contribution is 4.35. The van der Waals surface area contributed by atoms with Crippen molar-refractivity contribution < 1.29 is 14.9 Å². The molecule has 0 heterocycles. The van der Waals surface area contributed by atoms with Gasteiger partial charge in [0, 0.05) is 0 Å². The van der Waals surface area contributed by atoms with Crippen molar-refractivity contribution in [3.63, 3.8) is 0 Å². The van der Waals surface area contributed by atoms with Crippen LogP contribution >= 0.6 is 0 Å². The van der Waals surface area contributed by atoms with E-state index >= 15 is 0 Å². The van der Waals surface area contributed by atoms with Crippen molar-refractivity contribution in [1.82, 2.24) is 0 Å². The first-order chi connectivity index (χ1) is 3.81. The van der Waals surface area contributed by atoms with Crippen LogP contribution in [0.4, 0.5) is 0 Å². The van der Waals surface area contributed by atoms with Gasteiger partial charge in [-0.1, -0.05) is 13.3 Å². The van der Waals surface area contributed by atoms with Gasteiger partial charge in [-0.05, 0) is 6.42 Å². The second kappa shape index (κ2) is 5.03. The molecule has 0 saturated carbocycles. The standard InChI is InChI=1S/C5H12O3/c1-2-3-5(7)8-4-6/h5-7H,2-4H2,1H3. The van der Waals surface area contributed by atoms with Gasteiger partial charge in [-0.3, -0.25) is 0 Å². The fourth-order valence-corrected chi connectivity index (χ4v) is 0.416. The van der Waals surface area contributed by atoms with Crippen LogP contribution in [0.1, 0.15) is 19.8 Å². The van der Waals surface area contributed by atoms with E-state index in [0.29, 0.717) is 6.42 Å². The van der Waals surface area contributed by atoms with E-state index in [-0.39, 0.29) is 0 Å². The van der Waals surface area contributed by atoms with Gasteiger partial charge in [0.25, 0.3) is 0 Å². The minimum absolute atomic E-state index is 0.402. The molecule has 0 fully saturated rings. The van der Waals surface area contributed by atoms with Crippen molar-refractivity contribution in [2.24, 2.45) is 0 Å². The zero-order chi connectivity index (χ0) is 6.41. The SMILES string of the molecule is CCCC(O)OCO. The average molecular weight is 120 g/mol. The molecule has 0 aromatic carbocycles. The molecule has 0 amide bonds. The number of aliphatic hydroxyl groups is 2. The van der Waals surface area contributed by atoms with E-state index in [4.69, 9.17) is 10.2 Å². The van der Waals surface area contributed by atoms with E-state index in [0.717, 1.165) is 6.42 Å². The summed E-state index contributed by atoms with van der Waals surface area (Å²) in [5.74, 6) is 0. The normalized spacial score (nSPS) is 13.9. The number of aliphatic hydroxyl groups excluding tert-OH is 2. The van der Waals surface area contributed by atoms with Gasteiger partial charge in [0.1, 0.15) is 6.79 Å². The molecule has 1 unspecified atom stereocenters. The molecule has 0 spiro atoms. The van der Waals surface area contributed by atoms with Crippen molar-refractivity contribution in [1.29, 1.82) is 0 Å². The zero-order valence-corrected chi connectivity index (χ0v) is 5.00. The lowest BCUT2D eigenvalue weighted by Crippen LogP contribution is -2.11. The van der Waals surface area contributed by atoms with Crippen molar-refractivity contribution in [3.05, 3.63) is 0 Å². The van der Waals surface area contributed by atoms with Crippen molar-refractivity contribution in [3.8, 4) is 0 Å². The lowest BCUT2D eigenvalue weighted by molar-refractivity contribution is -0.153. The molecule has 0 aromatic rings. The van der Waals surface area contributed by atoms with Crippen LogP contribution in [0, 0.1) is 0 Å². The van der Waals surface area contributed by atoms with Gasteiger partial charge >= 0.3 is 0 Å². The van der Waals surface area contributed by atoms with Crippen LogP contribution in [0.15, 0.2) is 0 Å². The Bertz CT molecular complexity index is 40.9. The van der Waals surface area contributed by atoms with E-state index in [1.165, 1.54) is 0 Å². The molecule has 0 bridgehead atoms. The van der Waals surface area contributed by atoms with E-state index in [1.807, 2.05) is 6.92 Å². The van der Waals surface area contributed by atoms with E-state index < -0.39 is 13.1 Å². The smallest absolute Gasteiger partial charge is 0.157 e. The first-order valence-electron chi connectivity index (χ1n) is 2.71. The Balaban J connectivity index is 2.92. The number of hydrogen-bond donors (Lipinski definition) is 2. The molecule has 0 aromatic heterocycles. The molecule has 3 nitrogen and oxygen atoms in total. The van der Waals surface area contributed by atoms with Crippen molar-refractivity contribution in [2.75, 3.05) is 6.79 Å². The molecule has 1 atom stereocenters. The molecular weight excluding hydrogens is 108 g/mol.